The van der Waals surface area contributed by atoms with E-state index in [0.717, 1.165) is 31.4 Å². The highest BCUT2D eigenvalue weighted by molar-refractivity contribution is 4.93. The van der Waals surface area contributed by atoms with E-state index in [1.54, 1.807) is 6.33 Å². The monoisotopic (exact) mass is 291 g/mol. The molecule has 0 radical (unpaired) electrons. The number of aryl methyl sites for hydroxylation is 1. The van der Waals surface area contributed by atoms with Gasteiger partial charge in [-0.1, -0.05) is 26.2 Å². The number of hydrogen-bond acceptors (Lipinski definition) is 4. The van der Waals surface area contributed by atoms with Crippen LogP contribution in [-0.2, 0) is 13.6 Å². The molecule has 3 rings (SSSR count). The van der Waals surface area contributed by atoms with Crippen molar-refractivity contribution in [1.82, 2.24) is 25.0 Å². The topological polar surface area (TPSA) is 46.0 Å². The Hall–Kier alpha value is -0.940. The van der Waals surface area contributed by atoms with Crippen molar-refractivity contribution >= 4 is 0 Å². The Bertz CT molecular complexity index is 438. The van der Waals surface area contributed by atoms with Gasteiger partial charge >= 0.3 is 0 Å². The number of nitrogens with one attached hydrogen (secondary N) is 1. The lowest BCUT2D eigenvalue weighted by Gasteiger charge is -2.43. The minimum atomic E-state index is 0.626. The van der Waals surface area contributed by atoms with Crippen LogP contribution in [-0.4, -0.2) is 44.8 Å². The number of nitrogens with zero attached hydrogens (tertiary/aromatic N) is 4. The van der Waals surface area contributed by atoms with Crippen molar-refractivity contribution in [2.24, 2.45) is 13.0 Å². The summed E-state index contributed by atoms with van der Waals surface area (Å²) in [6.07, 6.45) is 9.95. The van der Waals surface area contributed by atoms with E-state index in [-0.39, 0.29) is 0 Å². The molecule has 0 amide bonds. The second-order valence-corrected chi connectivity index (χ2v) is 6.70. The summed E-state index contributed by atoms with van der Waals surface area (Å²) in [4.78, 5) is 7.03. The smallest absolute Gasteiger partial charge is 0.140 e. The zero-order chi connectivity index (χ0) is 14.7. The summed E-state index contributed by atoms with van der Waals surface area (Å²) >= 11 is 0. The number of piperazine rings is 1. The van der Waals surface area contributed by atoms with Gasteiger partial charge in [0.15, 0.2) is 0 Å². The lowest BCUT2D eigenvalue weighted by molar-refractivity contribution is 0.0841. The molecule has 1 N–H and O–H groups in total. The van der Waals surface area contributed by atoms with E-state index in [2.05, 4.69) is 27.2 Å². The molecule has 21 heavy (non-hydrogen) atoms. The summed E-state index contributed by atoms with van der Waals surface area (Å²) in [7, 11) is 1.99. The average Bonchev–Trinajstić information content (AvgIpc) is 2.93. The minimum Gasteiger partial charge on any atom is -0.311 e. The fourth-order valence-electron chi connectivity index (χ4n) is 3.98. The highest BCUT2D eigenvalue weighted by atomic mass is 15.3. The number of hydrogen-bond donors (Lipinski definition) is 1. The molecule has 5 nitrogen and oxygen atoms in total. The maximum atomic E-state index is 4.41. The molecule has 0 aromatic carbocycles. The van der Waals surface area contributed by atoms with Crippen LogP contribution in [0.15, 0.2) is 6.33 Å². The molecule has 0 spiro atoms. The van der Waals surface area contributed by atoms with Gasteiger partial charge in [0.05, 0.1) is 6.54 Å². The van der Waals surface area contributed by atoms with E-state index in [9.17, 15) is 0 Å². The van der Waals surface area contributed by atoms with Crippen LogP contribution in [0.1, 0.15) is 51.3 Å². The molecule has 118 valence electrons. The molecule has 5 heteroatoms. The molecule has 1 aromatic rings. The molecule has 0 bridgehead atoms. The third kappa shape index (κ3) is 3.46. The highest BCUT2D eigenvalue weighted by Gasteiger charge is 2.32. The molecular formula is C16H29N5. The molecular weight excluding hydrogens is 262 g/mol. The lowest BCUT2D eigenvalue weighted by atomic mass is 9.82. The molecule has 1 aliphatic carbocycles. The maximum absolute atomic E-state index is 4.41. The molecule has 2 unspecified atom stereocenters. The van der Waals surface area contributed by atoms with E-state index >= 15 is 0 Å². The Morgan fingerprint density at radius 2 is 2.10 bits per heavy atom. The Kier molecular flexibility index (Phi) is 4.91. The van der Waals surface area contributed by atoms with Gasteiger partial charge in [0.2, 0.25) is 0 Å². The maximum Gasteiger partial charge on any atom is 0.140 e. The third-order valence-electron chi connectivity index (χ3n) is 5.40. The van der Waals surface area contributed by atoms with Crippen LogP contribution in [0.5, 0.6) is 0 Å². The van der Waals surface area contributed by atoms with Gasteiger partial charge in [-0.25, -0.2) is 4.98 Å². The fraction of sp³-hybridized carbons (Fsp3) is 0.875. The summed E-state index contributed by atoms with van der Waals surface area (Å²) in [6.45, 7) is 5.50. The van der Waals surface area contributed by atoms with Crippen molar-refractivity contribution in [1.29, 1.82) is 0 Å². The minimum absolute atomic E-state index is 0.626. The van der Waals surface area contributed by atoms with Crippen LogP contribution in [0.25, 0.3) is 0 Å². The normalized spacial score (nSPS) is 28.9. The fourth-order valence-corrected chi connectivity index (χ4v) is 3.98. The summed E-state index contributed by atoms with van der Waals surface area (Å²) in [5.74, 6) is 1.95. The van der Waals surface area contributed by atoms with Gasteiger partial charge in [-0.15, -0.1) is 0 Å². The average molecular weight is 291 g/mol. The van der Waals surface area contributed by atoms with E-state index < -0.39 is 0 Å². The Balaban J connectivity index is 1.65. The second-order valence-electron chi connectivity index (χ2n) is 6.70. The van der Waals surface area contributed by atoms with Crippen LogP contribution in [0.3, 0.4) is 0 Å². The Labute approximate surface area is 128 Å². The molecule has 2 atom stereocenters. The van der Waals surface area contributed by atoms with Crippen molar-refractivity contribution in [3.63, 3.8) is 0 Å². The summed E-state index contributed by atoms with van der Waals surface area (Å²) < 4.78 is 1.91. The van der Waals surface area contributed by atoms with Gasteiger partial charge in [0.1, 0.15) is 12.2 Å². The van der Waals surface area contributed by atoms with Gasteiger partial charge in [-0.3, -0.25) is 9.58 Å². The van der Waals surface area contributed by atoms with Crippen molar-refractivity contribution in [2.45, 2.75) is 64.1 Å². The molecule has 2 aliphatic rings. The van der Waals surface area contributed by atoms with Crippen molar-refractivity contribution in [3.8, 4) is 0 Å². The largest absolute Gasteiger partial charge is 0.311 e. The van der Waals surface area contributed by atoms with Gasteiger partial charge in [-0.05, 0) is 25.2 Å². The molecule has 2 heterocycles. The van der Waals surface area contributed by atoms with Gasteiger partial charge in [0, 0.05) is 32.2 Å². The van der Waals surface area contributed by atoms with E-state index in [4.69, 9.17) is 0 Å². The first-order valence-corrected chi connectivity index (χ1v) is 8.58. The van der Waals surface area contributed by atoms with E-state index in [1.807, 2.05) is 11.7 Å². The second kappa shape index (κ2) is 6.88. The summed E-state index contributed by atoms with van der Waals surface area (Å²) in [6, 6.07) is 1.29. The molecule has 1 saturated carbocycles. The van der Waals surface area contributed by atoms with Gasteiger partial charge < -0.3 is 5.32 Å². The SMILES string of the molecule is CCC1CNC(C2CCCCC2)CN1Cc1ncnn1C. The molecule has 1 aliphatic heterocycles. The van der Waals surface area contributed by atoms with Crippen molar-refractivity contribution < 1.29 is 0 Å². The quantitative estimate of drug-likeness (QED) is 0.921. The summed E-state index contributed by atoms with van der Waals surface area (Å²) in [5.41, 5.74) is 0. The Morgan fingerprint density at radius 3 is 2.76 bits per heavy atom. The molecule has 1 saturated heterocycles. The van der Waals surface area contributed by atoms with Crippen LogP contribution in [0, 0.1) is 5.92 Å². The van der Waals surface area contributed by atoms with Crippen LogP contribution >= 0.6 is 0 Å². The van der Waals surface area contributed by atoms with Gasteiger partial charge in [-0.2, -0.15) is 5.10 Å². The summed E-state index contributed by atoms with van der Waals surface area (Å²) in [5, 5.41) is 8.03. The van der Waals surface area contributed by atoms with Crippen LogP contribution < -0.4 is 5.32 Å². The van der Waals surface area contributed by atoms with E-state index in [1.165, 1.54) is 38.5 Å². The Morgan fingerprint density at radius 1 is 1.29 bits per heavy atom. The zero-order valence-electron chi connectivity index (χ0n) is 13.5. The van der Waals surface area contributed by atoms with E-state index in [0.29, 0.717) is 12.1 Å². The number of rotatable bonds is 4. The van der Waals surface area contributed by atoms with Crippen molar-refractivity contribution in [3.05, 3.63) is 12.2 Å². The predicted molar refractivity (Wildman–Crippen MR) is 83.9 cm³/mol. The first kappa shape index (κ1) is 15.0. The van der Waals surface area contributed by atoms with Gasteiger partial charge in [0.25, 0.3) is 0 Å². The zero-order valence-corrected chi connectivity index (χ0v) is 13.5. The first-order chi connectivity index (χ1) is 10.3. The first-order valence-electron chi connectivity index (χ1n) is 8.58. The van der Waals surface area contributed by atoms with Crippen molar-refractivity contribution in [2.75, 3.05) is 13.1 Å². The lowest BCUT2D eigenvalue weighted by Crippen LogP contribution is -2.58. The number of aromatic nitrogens is 3. The standard InChI is InChI=1S/C16H29N5/c1-3-14-9-17-15(13-7-5-4-6-8-13)10-21(14)11-16-18-12-19-20(16)2/h12-15,17H,3-11H2,1-2H3. The molecule has 1 aromatic heterocycles. The predicted octanol–water partition coefficient (Wildman–Crippen LogP) is 1.95. The highest BCUT2D eigenvalue weighted by Crippen LogP contribution is 2.29. The molecule has 2 fully saturated rings. The third-order valence-corrected chi connectivity index (χ3v) is 5.40. The van der Waals surface area contributed by atoms with Crippen LogP contribution in [0.2, 0.25) is 0 Å². The van der Waals surface area contributed by atoms with Crippen LogP contribution in [0.4, 0.5) is 0 Å².